The Kier molecular flexibility index (Phi) is 9.49. The summed E-state index contributed by atoms with van der Waals surface area (Å²) in [5, 5.41) is 8.79. The number of halogens is 1. The third kappa shape index (κ3) is 7.02. The molecule has 1 aromatic rings. The van der Waals surface area contributed by atoms with Gasteiger partial charge in [0, 0.05) is 37.7 Å². The zero-order valence-electron chi connectivity index (χ0n) is 14.8. The van der Waals surface area contributed by atoms with Crippen molar-refractivity contribution in [3.8, 4) is 0 Å². The molecule has 0 aliphatic carbocycles. The molecule has 1 aromatic carbocycles. The van der Waals surface area contributed by atoms with Crippen LogP contribution in [0.15, 0.2) is 24.3 Å². The third-order valence-corrected chi connectivity index (χ3v) is 4.13. The van der Waals surface area contributed by atoms with Crippen molar-refractivity contribution in [1.29, 1.82) is 0 Å². The molecule has 25 heavy (non-hydrogen) atoms. The molecule has 0 radical (unpaired) electrons. The van der Waals surface area contributed by atoms with Gasteiger partial charge in [-0.2, -0.15) is 0 Å². The van der Waals surface area contributed by atoms with Crippen LogP contribution in [0.1, 0.15) is 35.7 Å². The lowest BCUT2D eigenvalue weighted by molar-refractivity contribution is -0.124. The number of amides is 2. The molecular formula is C18H28ClN3O3. The van der Waals surface area contributed by atoms with Crippen LogP contribution < -0.4 is 16.0 Å². The number of nitrogens with one attached hydrogen (secondary N) is 3. The summed E-state index contributed by atoms with van der Waals surface area (Å²) in [6.45, 7) is 4.25. The van der Waals surface area contributed by atoms with Gasteiger partial charge < -0.3 is 20.7 Å². The number of carbonyl (C=O) groups is 2. The first-order chi connectivity index (χ1) is 11.6. The lowest BCUT2D eigenvalue weighted by atomic mass is 10.1. The monoisotopic (exact) mass is 369 g/mol. The summed E-state index contributed by atoms with van der Waals surface area (Å²) in [5.74, 6) is -0.201. The predicted molar refractivity (Wildman–Crippen MR) is 99.9 cm³/mol. The van der Waals surface area contributed by atoms with Crippen molar-refractivity contribution >= 4 is 24.2 Å². The average Bonchev–Trinajstić information content (AvgIpc) is 3.11. The number of hydrogen-bond acceptors (Lipinski definition) is 4. The van der Waals surface area contributed by atoms with E-state index in [1.165, 1.54) is 0 Å². The maximum Gasteiger partial charge on any atom is 0.251 e. The van der Waals surface area contributed by atoms with Crippen LogP contribution in [0.25, 0.3) is 0 Å². The van der Waals surface area contributed by atoms with Crippen LogP contribution in [0.5, 0.6) is 0 Å². The molecule has 1 aliphatic heterocycles. The minimum atomic E-state index is -0.109. The summed E-state index contributed by atoms with van der Waals surface area (Å²) in [6.07, 6.45) is 2.18. The van der Waals surface area contributed by atoms with Gasteiger partial charge in [-0.1, -0.05) is 19.1 Å². The summed E-state index contributed by atoms with van der Waals surface area (Å²) in [6, 6.07) is 7.33. The van der Waals surface area contributed by atoms with Gasteiger partial charge in [0.25, 0.3) is 5.91 Å². The molecule has 2 atom stereocenters. The minimum Gasteiger partial charge on any atom is -0.376 e. The number of benzene rings is 1. The van der Waals surface area contributed by atoms with Gasteiger partial charge in [-0.3, -0.25) is 9.59 Å². The topological polar surface area (TPSA) is 79.5 Å². The fourth-order valence-corrected chi connectivity index (χ4v) is 2.70. The molecule has 1 aliphatic rings. The van der Waals surface area contributed by atoms with Crippen LogP contribution in [-0.2, 0) is 16.1 Å². The van der Waals surface area contributed by atoms with E-state index in [-0.39, 0.29) is 36.2 Å². The van der Waals surface area contributed by atoms with Crippen LogP contribution in [0.3, 0.4) is 0 Å². The molecule has 0 bridgehead atoms. The molecule has 1 fully saturated rings. The minimum absolute atomic E-state index is 0. The van der Waals surface area contributed by atoms with E-state index in [4.69, 9.17) is 4.74 Å². The number of ether oxygens (including phenoxy) is 1. The molecule has 0 saturated carbocycles. The van der Waals surface area contributed by atoms with Gasteiger partial charge in [0.05, 0.1) is 6.10 Å². The number of hydrogen-bond donors (Lipinski definition) is 3. The molecule has 0 spiro atoms. The molecule has 6 nitrogen and oxygen atoms in total. The first-order valence-corrected chi connectivity index (χ1v) is 8.51. The highest BCUT2D eigenvalue weighted by Gasteiger charge is 2.17. The molecule has 0 aromatic heterocycles. The SMILES string of the molecule is CNCC(C)C(=O)NCc1cccc(C(=O)NCC2CCCO2)c1.Cl. The Morgan fingerprint density at radius 3 is 2.80 bits per heavy atom. The van der Waals surface area contributed by atoms with Crippen LogP contribution in [0.2, 0.25) is 0 Å². The summed E-state index contributed by atoms with van der Waals surface area (Å²) < 4.78 is 5.50. The zero-order valence-corrected chi connectivity index (χ0v) is 15.7. The van der Waals surface area contributed by atoms with Gasteiger partial charge in [0.15, 0.2) is 0 Å². The van der Waals surface area contributed by atoms with Crippen LogP contribution in [0.4, 0.5) is 0 Å². The highest BCUT2D eigenvalue weighted by Crippen LogP contribution is 2.11. The summed E-state index contributed by atoms with van der Waals surface area (Å²) >= 11 is 0. The zero-order chi connectivity index (χ0) is 17.4. The Hall–Kier alpha value is -1.63. The standard InChI is InChI=1S/C18H27N3O3.ClH/c1-13(10-19-2)17(22)20-11-14-5-3-6-15(9-14)18(23)21-12-16-7-4-8-24-16;/h3,5-6,9,13,16,19H,4,7-8,10-12H2,1-2H3,(H,20,22)(H,21,23);1H. The lowest BCUT2D eigenvalue weighted by Crippen LogP contribution is -2.34. The van der Waals surface area contributed by atoms with E-state index in [0.29, 0.717) is 25.2 Å². The van der Waals surface area contributed by atoms with Gasteiger partial charge in [0.1, 0.15) is 0 Å². The number of rotatable bonds is 8. The van der Waals surface area contributed by atoms with Crippen LogP contribution in [0, 0.1) is 5.92 Å². The molecule has 2 amide bonds. The molecule has 1 saturated heterocycles. The normalized spacial score (nSPS) is 17.4. The third-order valence-electron chi connectivity index (χ3n) is 4.13. The predicted octanol–water partition coefficient (Wildman–Crippen LogP) is 1.49. The maximum atomic E-state index is 12.2. The van der Waals surface area contributed by atoms with Crippen molar-refractivity contribution in [1.82, 2.24) is 16.0 Å². The summed E-state index contributed by atoms with van der Waals surface area (Å²) in [5.41, 5.74) is 1.51. The van der Waals surface area contributed by atoms with Gasteiger partial charge in [0.2, 0.25) is 5.91 Å². The molecule has 7 heteroatoms. The van der Waals surface area contributed by atoms with Gasteiger partial charge in [-0.15, -0.1) is 12.4 Å². The van der Waals surface area contributed by atoms with Gasteiger partial charge in [-0.05, 0) is 37.6 Å². The van der Waals surface area contributed by atoms with Crippen LogP contribution >= 0.6 is 12.4 Å². The van der Waals surface area contributed by atoms with Crippen molar-refractivity contribution < 1.29 is 14.3 Å². The second kappa shape index (κ2) is 11.1. The average molecular weight is 370 g/mol. The first kappa shape index (κ1) is 21.4. The Morgan fingerprint density at radius 2 is 2.12 bits per heavy atom. The molecule has 2 rings (SSSR count). The van der Waals surface area contributed by atoms with E-state index in [2.05, 4.69) is 16.0 Å². The van der Waals surface area contributed by atoms with Crippen molar-refractivity contribution in [2.45, 2.75) is 32.4 Å². The van der Waals surface area contributed by atoms with Crippen LogP contribution in [-0.4, -0.2) is 44.7 Å². The number of carbonyl (C=O) groups excluding carboxylic acids is 2. The van der Waals surface area contributed by atoms with E-state index in [1.54, 1.807) is 6.07 Å². The largest absolute Gasteiger partial charge is 0.376 e. The molecule has 2 unspecified atom stereocenters. The van der Waals surface area contributed by atoms with Crippen molar-refractivity contribution in [2.75, 3.05) is 26.7 Å². The second-order valence-electron chi connectivity index (χ2n) is 6.22. The Morgan fingerprint density at radius 1 is 1.32 bits per heavy atom. The van der Waals surface area contributed by atoms with E-state index in [0.717, 1.165) is 25.0 Å². The summed E-state index contributed by atoms with van der Waals surface area (Å²) in [4.78, 5) is 24.2. The Balaban J connectivity index is 0.00000312. The highest BCUT2D eigenvalue weighted by atomic mass is 35.5. The Labute approximate surface area is 155 Å². The summed E-state index contributed by atoms with van der Waals surface area (Å²) in [7, 11) is 1.82. The van der Waals surface area contributed by atoms with Gasteiger partial charge in [-0.25, -0.2) is 0 Å². The quantitative estimate of drug-likeness (QED) is 0.648. The maximum absolute atomic E-state index is 12.2. The molecular weight excluding hydrogens is 342 g/mol. The molecule has 140 valence electrons. The highest BCUT2D eigenvalue weighted by molar-refractivity contribution is 5.94. The van der Waals surface area contributed by atoms with E-state index in [1.807, 2.05) is 32.2 Å². The lowest BCUT2D eigenvalue weighted by Gasteiger charge is -2.13. The van der Waals surface area contributed by atoms with E-state index < -0.39 is 0 Å². The fraction of sp³-hybridized carbons (Fsp3) is 0.556. The first-order valence-electron chi connectivity index (χ1n) is 8.51. The molecule has 3 N–H and O–H groups in total. The molecule has 1 heterocycles. The Bertz CT molecular complexity index is 562. The van der Waals surface area contributed by atoms with Gasteiger partial charge >= 0.3 is 0 Å². The van der Waals surface area contributed by atoms with E-state index in [9.17, 15) is 9.59 Å². The fourth-order valence-electron chi connectivity index (χ4n) is 2.70. The smallest absolute Gasteiger partial charge is 0.251 e. The van der Waals surface area contributed by atoms with Crippen molar-refractivity contribution in [3.05, 3.63) is 35.4 Å². The van der Waals surface area contributed by atoms with Crippen molar-refractivity contribution in [3.63, 3.8) is 0 Å². The van der Waals surface area contributed by atoms with E-state index >= 15 is 0 Å². The second-order valence-corrected chi connectivity index (χ2v) is 6.22. The van der Waals surface area contributed by atoms with Crippen molar-refractivity contribution in [2.24, 2.45) is 5.92 Å².